The number of thiazole rings is 1. The van der Waals surface area contributed by atoms with Gasteiger partial charge < -0.3 is 5.32 Å². The Morgan fingerprint density at radius 3 is 2.86 bits per heavy atom. The summed E-state index contributed by atoms with van der Waals surface area (Å²) in [6.07, 6.45) is 4.72. The highest BCUT2D eigenvalue weighted by atomic mass is 32.1. The van der Waals surface area contributed by atoms with Gasteiger partial charge in [-0.15, -0.1) is 11.3 Å². The van der Waals surface area contributed by atoms with Crippen molar-refractivity contribution in [1.29, 1.82) is 0 Å². The van der Waals surface area contributed by atoms with Gasteiger partial charge in [0, 0.05) is 6.04 Å². The number of nitrogens with zero attached hydrogens (tertiary/aromatic N) is 2. The summed E-state index contributed by atoms with van der Waals surface area (Å²) in [5.74, 6) is 0.135. The number of carbonyl (C=O) groups excluding carboxylic acids is 1. The molecule has 1 fully saturated rings. The average Bonchev–Trinajstić information content (AvgIpc) is 3.14. The summed E-state index contributed by atoms with van der Waals surface area (Å²) in [5, 5.41) is 4.23. The highest BCUT2D eigenvalue weighted by molar-refractivity contribution is 7.18. The molecule has 0 bridgehead atoms. The Morgan fingerprint density at radius 2 is 2.14 bits per heavy atom. The first-order chi connectivity index (χ1) is 10.6. The monoisotopic (exact) mass is 317 g/mol. The van der Waals surface area contributed by atoms with Gasteiger partial charge in [0.15, 0.2) is 0 Å². The van der Waals surface area contributed by atoms with E-state index in [1.54, 1.807) is 11.3 Å². The Kier molecular flexibility index (Phi) is 4.74. The molecule has 1 aliphatic carbocycles. The van der Waals surface area contributed by atoms with Crippen LogP contribution in [0.15, 0.2) is 24.3 Å². The second kappa shape index (κ2) is 6.75. The Bertz CT molecular complexity index is 615. The van der Waals surface area contributed by atoms with Crippen molar-refractivity contribution in [2.24, 2.45) is 0 Å². The smallest absolute Gasteiger partial charge is 0.237 e. The van der Waals surface area contributed by atoms with Gasteiger partial charge in [0.1, 0.15) is 5.01 Å². The second-order valence-corrected chi connectivity index (χ2v) is 7.27. The molecule has 1 heterocycles. The van der Waals surface area contributed by atoms with E-state index in [0.29, 0.717) is 12.6 Å². The predicted molar refractivity (Wildman–Crippen MR) is 90.9 cm³/mol. The van der Waals surface area contributed by atoms with E-state index in [9.17, 15) is 4.79 Å². The molecule has 0 saturated heterocycles. The zero-order valence-electron chi connectivity index (χ0n) is 13.2. The number of hydrogen-bond donors (Lipinski definition) is 1. The summed E-state index contributed by atoms with van der Waals surface area (Å²) in [6.45, 7) is 2.68. The molecule has 0 spiro atoms. The molecule has 1 amide bonds. The number of hydrogen-bond acceptors (Lipinski definition) is 4. The fourth-order valence-corrected chi connectivity index (χ4v) is 3.96. The first kappa shape index (κ1) is 15.4. The normalized spacial score (nSPS) is 17.2. The molecule has 0 radical (unpaired) electrons. The minimum atomic E-state index is -0.132. The maximum atomic E-state index is 12.3. The SMILES string of the molecule is C[C@@H](C(=O)NC1CCCC1)N(C)Cc1nc2ccccc2s1. The van der Waals surface area contributed by atoms with Crippen LogP contribution in [0.2, 0.25) is 0 Å². The van der Waals surface area contributed by atoms with E-state index in [1.807, 2.05) is 32.2 Å². The third-order valence-electron chi connectivity index (χ3n) is 4.46. The van der Waals surface area contributed by atoms with Gasteiger partial charge in [-0.2, -0.15) is 0 Å². The zero-order valence-corrected chi connectivity index (χ0v) is 14.0. The Balaban J connectivity index is 1.60. The van der Waals surface area contributed by atoms with Gasteiger partial charge in [-0.05, 0) is 38.9 Å². The fourth-order valence-electron chi connectivity index (χ4n) is 2.93. The number of amides is 1. The Labute approximate surface area is 135 Å². The zero-order chi connectivity index (χ0) is 15.5. The summed E-state index contributed by atoms with van der Waals surface area (Å²) >= 11 is 1.70. The van der Waals surface area contributed by atoms with Crippen molar-refractivity contribution in [2.75, 3.05) is 7.05 Å². The van der Waals surface area contributed by atoms with Crippen LogP contribution >= 0.6 is 11.3 Å². The highest BCUT2D eigenvalue weighted by Crippen LogP contribution is 2.23. The summed E-state index contributed by atoms with van der Waals surface area (Å²) in [5.41, 5.74) is 1.04. The summed E-state index contributed by atoms with van der Waals surface area (Å²) in [4.78, 5) is 19.0. The van der Waals surface area contributed by atoms with Crippen molar-refractivity contribution < 1.29 is 4.79 Å². The van der Waals surface area contributed by atoms with E-state index < -0.39 is 0 Å². The van der Waals surface area contributed by atoms with Gasteiger partial charge in [-0.25, -0.2) is 4.98 Å². The first-order valence-electron chi connectivity index (χ1n) is 7.98. The molecular formula is C17H23N3OS. The number of para-hydroxylation sites is 1. The van der Waals surface area contributed by atoms with Crippen LogP contribution in [0.5, 0.6) is 0 Å². The van der Waals surface area contributed by atoms with E-state index in [1.165, 1.54) is 17.5 Å². The molecule has 1 aromatic heterocycles. The van der Waals surface area contributed by atoms with Gasteiger partial charge in [0.25, 0.3) is 0 Å². The third-order valence-corrected chi connectivity index (χ3v) is 5.49. The molecule has 1 aliphatic rings. The van der Waals surface area contributed by atoms with Crippen molar-refractivity contribution in [3.8, 4) is 0 Å². The van der Waals surface area contributed by atoms with E-state index >= 15 is 0 Å². The van der Waals surface area contributed by atoms with Gasteiger partial charge in [-0.3, -0.25) is 9.69 Å². The maximum Gasteiger partial charge on any atom is 0.237 e. The molecule has 0 unspecified atom stereocenters. The molecule has 1 atom stereocenters. The van der Waals surface area contributed by atoms with Crippen LogP contribution in [0, 0.1) is 0 Å². The van der Waals surface area contributed by atoms with Crippen molar-refractivity contribution >= 4 is 27.5 Å². The maximum absolute atomic E-state index is 12.3. The van der Waals surface area contributed by atoms with Crippen molar-refractivity contribution in [2.45, 2.75) is 51.2 Å². The minimum absolute atomic E-state index is 0.132. The standard InChI is InChI=1S/C17H23N3OS/c1-12(17(21)18-13-7-3-4-8-13)20(2)11-16-19-14-9-5-6-10-15(14)22-16/h5-6,9-10,12-13H,3-4,7-8,11H2,1-2H3,(H,18,21)/t12-/m0/s1. The van der Waals surface area contributed by atoms with E-state index in [2.05, 4.69) is 21.3 Å². The molecule has 4 nitrogen and oxygen atoms in total. The third kappa shape index (κ3) is 3.47. The van der Waals surface area contributed by atoms with Crippen LogP contribution in [0.3, 0.4) is 0 Å². The largest absolute Gasteiger partial charge is 0.352 e. The number of nitrogens with one attached hydrogen (secondary N) is 1. The predicted octanol–water partition coefficient (Wildman–Crippen LogP) is 3.18. The number of rotatable bonds is 5. The minimum Gasteiger partial charge on any atom is -0.352 e. The van der Waals surface area contributed by atoms with E-state index in [0.717, 1.165) is 23.4 Å². The molecule has 0 aliphatic heterocycles. The lowest BCUT2D eigenvalue weighted by Gasteiger charge is -2.24. The molecule has 1 aromatic carbocycles. The van der Waals surface area contributed by atoms with Crippen LogP contribution in [0.1, 0.15) is 37.6 Å². The lowest BCUT2D eigenvalue weighted by molar-refractivity contribution is -0.126. The fraction of sp³-hybridized carbons (Fsp3) is 0.529. The van der Waals surface area contributed by atoms with Crippen LogP contribution in [-0.2, 0) is 11.3 Å². The summed E-state index contributed by atoms with van der Waals surface area (Å²) in [7, 11) is 1.99. The van der Waals surface area contributed by atoms with Crippen LogP contribution in [-0.4, -0.2) is 34.9 Å². The van der Waals surface area contributed by atoms with Crippen LogP contribution in [0.4, 0.5) is 0 Å². The van der Waals surface area contributed by atoms with Gasteiger partial charge in [0.05, 0.1) is 22.8 Å². The van der Waals surface area contributed by atoms with Crippen molar-refractivity contribution in [3.05, 3.63) is 29.3 Å². The van der Waals surface area contributed by atoms with E-state index in [-0.39, 0.29) is 11.9 Å². The summed E-state index contributed by atoms with van der Waals surface area (Å²) in [6, 6.07) is 8.41. The number of aromatic nitrogens is 1. The first-order valence-corrected chi connectivity index (χ1v) is 8.80. The molecule has 1 N–H and O–H groups in total. The Morgan fingerprint density at radius 1 is 1.41 bits per heavy atom. The molecule has 118 valence electrons. The van der Waals surface area contributed by atoms with E-state index in [4.69, 9.17) is 0 Å². The molecule has 3 rings (SSSR count). The number of benzene rings is 1. The second-order valence-electron chi connectivity index (χ2n) is 6.16. The highest BCUT2D eigenvalue weighted by Gasteiger charge is 2.23. The molecule has 2 aromatic rings. The van der Waals surface area contributed by atoms with Crippen LogP contribution in [0.25, 0.3) is 10.2 Å². The van der Waals surface area contributed by atoms with Crippen molar-refractivity contribution in [1.82, 2.24) is 15.2 Å². The average molecular weight is 317 g/mol. The number of carbonyl (C=O) groups is 1. The molecular weight excluding hydrogens is 294 g/mol. The Hall–Kier alpha value is -1.46. The quantitative estimate of drug-likeness (QED) is 0.921. The van der Waals surface area contributed by atoms with Gasteiger partial charge >= 0.3 is 0 Å². The molecule has 1 saturated carbocycles. The van der Waals surface area contributed by atoms with Crippen molar-refractivity contribution in [3.63, 3.8) is 0 Å². The summed E-state index contributed by atoms with van der Waals surface area (Å²) < 4.78 is 1.20. The number of likely N-dealkylation sites (N-methyl/N-ethyl adjacent to an activating group) is 1. The lowest BCUT2D eigenvalue weighted by Crippen LogP contribution is -2.46. The van der Waals surface area contributed by atoms with Crippen LogP contribution < -0.4 is 5.32 Å². The molecule has 5 heteroatoms. The number of fused-ring (bicyclic) bond motifs is 1. The molecule has 22 heavy (non-hydrogen) atoms. The lowest BCUT2D eigenvalue weighted by atomic mass is 10.2. The van der Waals surface area contributed by atoms with Gasteiger partial charge in [0.2, 0.25) is 5.91 Å². The topological polar surface area (TPSA) is 45.2 Å². The van der Waals surface area contributed by atoms with Gasteiger partial charge in [-0.1, -0.05) is 25.0 Å².